The molecule has 3 rings (SSSR count). The van der Waals surface area contributed by atoms with Gasteiger partial charge in [0.05, 0.1) is 11.0 Å². The number of hydrogen-bond acceptors (Lipinski definition) is 2. The minimum atomic E-state index is -0.146. The summed E-state index contributed by atoms with van der Waals surface area (Å²) in [5.74, 6) is 1.47. The van der Waals surface area contributed by atoms with Crippen molar-refractivity contribution < 1.29 is 0 Å². The van der Waals surface area contributed by atoms with Crippen molar-refractivity contribution in [1.29, 1.82) is 0 Å². The van der Waals surface area contributed by atoms with E-state index in [-0.39, 0.29) is 5.69 Å². The molecular formula is C15H21N3O. The molecule has 3 N–H and O–H groups in total. The van der Waals surface area contributed by atoms with Crippen LogP contribution >= 0.6 is 0 Å². The first kappa shape index (κ1) is 12.3. The molecule has 3 unspecified atom stereocenters. The van der Waals surface area contributed by atoms with Crippen molar-refractivity contribution >= 4 is 16.7 Å². The quantitative estimate of drug-likeness (QED) is 0.776. The van der Waals surface area contributed by atoms with E-state index in [1.807, 2.05) is 18.2 Å². The summed E-state index contributed by atoms with van der Waals surface area (Å²) in [5, 5.41) is 3.63. The highest BCUT2D eigenvalue weighted by atomic mass is 16.1. The lowest BCUT2D eigenvalue weighted by Gasteiger charge is -2.35. The molecule has 1 aliphatic rings. The molecule has 1 aliphatic carbocycles. The van der Waals surface area contributed by atoms with Crippen molar-refractivity contribution in [3.63, 3.8) is 0 Å². The Morgan fingerprint density at radius 1 is 1.16 bits per heavy atom. The number of aromatic amines is 2. The third-order valence-corrected chi connectivity index (χ3v) is 4.57. The number of hydrogen-bond donors (Lipinski definition) is 3. The van der Waals surface area contributed by atoms with E-state index in [0.717, 1.165) is 22.6 Å². The molecule has 1 saturated carbocycles. The van der Waals surface area contributed by atoms with E-state index in [4.69, 9.17) is 0 Å². The van der Waals surface area contributed by atoms with Crippen LogP contribution in [0.25, 0.3) is 11.0 Å². The summed E-state index contributed by atoms with van der Waals surface area (Å²) in [4.78, 5) is 16.8. The fraction of sp³-hybridized carbons (Fsp3) is 0.533. The summed E-state index contributed by atoms with van der Waals surface area (Å²) in [5.41, 5.74) is 2.67. The van der Waals surface area contributed by atoms with E-state index in [2.05, 4.69) is 29.1 Å². The molecule has 0 spiro atoms. The Morgan fingerprint density at radius 3 is 2.79 bits per heavy atom. The normalized spacial score (nSPS) is 27.6. The Balaban J connectivity index is 1.82. The van der Waals surface area contributed by atoms with Crippen molar-refractivity contribution in [2.45, 2.75) is 39.2 Å². The van der Waals surface area contributed by atoms with Gasteiger partial charge < -0.3 is 15.3 Å². The molecular weight excluding hydrogens is 238 g/mol. The molecule has 1 fully saturated rings. The topological polar surface area (TPSA) is 60.7 Å². The molecule has 0 bridgehead atoms. The maximum absolute atomic E-state index is 11.3. The van der Waals surface area contributed by atoms with Crippen molar-refractivity contribution in [2.24, 2.45) is 11.8 Å². The first-order chi connectivity index (χ1) is 9.13. The molecule has 4 heteroatoms. The zero-order chi connectivity index (χ0) is 13.4. The average molecular weight is 259 g/mol. The number of imidazole rings is 1. The number of H-pyrrole nitrogens is 2. The van der Waals surface area contributed by atoms with Crippen LogP contribution in [0.15, 0.2) is 23.0 Å². The molecule has 0 aliphatic heterocycles. The first-order valence-electron chi connectivity index (χ1n) is 7.12. The molecule has 3 atom stereocenters. The minimum absolute atomic E-state index is 0.146. The second-order valence-corrected chi connectivity index (χ2v) is 5.86. The Hall–Kier alpha value is -1.71. The highest BCUT2D eigenvalue weighted by Crippen LogP contribution is 2.31. The zero-order valence-electron chi connectivity index (χ0n) is 11.5. The first-order valence-corrected chi connectivity index (χ1v) is 7.12. The molecule has 1 aromatic carbocycles. The van der Waals surface area contributed by atoms with E-state index in [1.54, 1.807) is 0 Å². The molecule has 0 amide bonds. The molecule has 19 heavy (non-hydrogen) atoms. The van der Waals surface area contributed by atoms with Gasteiger partial charge in [-0.25, -0.2) is 4.79 Å². The van der Waals surface area contributed by atoms with Gasteiger partial charge in [-0.3, -0.25) is 0 Å². The molecule has 4 nitrogen and oxygen atoms in total. The summed E-state index contributed by atoms with van der Waals surface area (Å²) >= 11 is 0. The molecule has 1 aromatic heterocycles. The molecule has 1 heterocycles. The summed E-state index contributed by atoms with van der Waals surface area (Å²) in [6.45, 7) is 4.67. The summed E-state index contributed by atoms with van der Waals surface area (Å²) in [6.07, 6.45) is 3.86. The fourth-order valence-corrected chi connectivity index (χ4v) is 3.12. The number of rotatable bonds is 2. The predicted molar refractivity (Wildman–Crippen MR) is 78.5 cm³/mol. The largest absolute Gasteiger partial charge is 0.382 e. The van der Waals surface area contributed by atoms with Crippen LogP contribution in [-0.2, 0) is 0 Å². The van der Waals surface area contributed by atoms with Gasteiger partial charge >= 0.3 is 5.69 Å². The number of nitrogens with one attached hydrogen (secondary N) is 3. The van der Waals surface area contributed by atoms with Gasteiger partial charge in [0.15, 0.2) is 0 Å². The van der Waals surface area contributed by atoms with Gasteiger partial charge in [0, 0.05) is 11.7 Å². The molecule has 0 saturated heterocycles. The number of aromatic nitrogens is 2. The summed E-state index contributed by atoms with van der Waals surface area (Å²) in [6, 6.07) is 6.54. The van der Waals surface area contributed by atoms with Gasteiger partial charge in [-0.2, -0.15) is 0 Å². The van der Waals surface area contributed by atoms with Gasteiger partial charge in [-0.05, 0) is 36.5 Å². The maximum atomic E-state index is 11.3. The van der Waals surface area contributed by atoms with Crippen molar-refractivity contribution in [1.82, 2.24) is 9.97 Å². The monoisotopic (exact) mass is 259 g/mol. The van der Waals surface area contributed by atoms with Crippen LogP contribution in [0.4, 0.5) is 5.69 Å². The Morgan fingerprint density at radius 2 is 1.95 bits per heavy atom. The maximum Gasteiger partial charge on any atom is 0.323 e. The van der Waals surface area contributed by atoms with Crippen LogP contribution < -0.4 is 11.0 Å². The fourth-order valence-electron chi connectivity index (χ4n) is 3.12. The molecule has 102 valence electrons. The highest BCUT2D eigenvalue weighted by Gasteiger charge is 2.26. The van der Waals surface area contributed by atoms with Crippen LogP contribution in [0.1, 0.15) is 33.1 Å². The third kappa shape index (κ3) is 2.39. The highest BCUT2D eigenvalue weighted by molar-refractivity contribution is 5.78. The van der Waals surface area contributed by atoms with Crippen LogP contribution in [0.5, 0.6) is 0 Å². The van der Waals surface area contributed by atoms with Gasteiger partial charge in [0.25, 0.3) is 0 Å². The van der Waals surface area contributed by atoms with Crippen molar-refractivity contribution in [3.8, 4) is 0 Å². The van der Waals surface area contributed by atoms with Crippen molar-refractivity contribution in [3.05, 3.63) is 28.7 Å². The van der Waals surface area contributed by atoms with E-state index >= 15 is 0 Å². The number of fused-ring (bicyclic) bond motifs is 1. The summed E-state index contributed by atoms with van der Waals surface area (Å²) < 4.78 is 0. The van der Waals surface area contributed by atoms with E-state index in [9.17, 15) is 4.79 Å². The van der Waals surface area contributed by atoms with Crippen LogP contribution in [0, 0.1) is 11.8 Å². The second-order valence-electron chi connectivity index (χ2n) is 5.86. The zero-order valence-corrected chi connectivity index (χ0v) is 11.5. The van der Waals surface area contributed by atoms with Gasteiger partial charge in [0.1, 0.15) is 0 Å². The Labute approximate surface area is 112 Å². The molecule has 0 radical (unpaired) electrons. The van der Waals surface area contributed by atoms with E-state index in [0.29, 0.717) is 12.0 Å². The van der Waals surface area contributed by atoms with E-state index in [1.165, 1.54) is 19.3 Å². The van der Waals surface area contributed by atoms with Gasteiger partial charge in [0.2, 0.25) is 0 Å². The van der Waals surface area contributed by atoms with Gasteiger partial charge in [-0.15, -0.1) is 0 Å². The third-order valence-electron chi connectivity index (χ3n) is 4.57. The lowest BCUT2D eigenvalue weighted by atomic mass is 9.78. The van der Waals surface area contributed by atoms with E-state index < -0.39 is 0 Å². The lowest BCUT2D eigenvalue weighted by Crippen LogP contribution is -2.34. The Bertz CT molecular complexity index is 628. The molecule has 2 aromatic rings. The number of anilines is 1. The second kappa shape index (κ2) is 4.76. The predicted octanol–water partition coefficient (Wildman–Crippen LogP) is 3.09. The Kier molecular flexibility index (Phi) is 3.09. The average Bonchev–Trinajstić information content (AvgIpc) is 2.74. The van der Waals surface area contributed by atoms with Crippen molar-refractivity contribution in [2.75, 3.05) is 5.32 Å². The minimum Gasteiger partial charge on any atom is -0.382 e. The van der Waals surface area contributed by atoms with Gasteiger partial charge in [-0.1, -0.05) is 26.7 Å². The number of benzene rings is 1. The standard InChI is InChI=1S/C15H21N3O/c1-9-4-3-5-12(10(9)2)16-11-6-7-13-14(8-11)18-15(19)17-13/h6-10,12,16H,3-5H2,1-2H3,(H2,17,18,19). The van der Waals surface area contributed by atoms with Crippen LogP contribution in [0.3, 0.4) is 0 Å². The summed E-state index contributed by atoms with van der Waals surface area (Å²) in [7, 11) is 0. The van der Waals surface area contributed by atoms with Crippen LogP contribution in [-0.4, -0.2) is 16.0 Å². The smallest absolute Gasteiger partial charge is 0.323 e. The SMILES string of the molecule is CC1CCCC(Nc2ccc3[nH]c(=O)[nH]c3c2)C1C. The lowest BCUT2D eigenvalue weighted by molar-refractivity contribution is 0.253. The van der Waals surface area contributed by atoms with Crippen LogP contribution in [0.2, 0.25) is 0 Å².